The van der Waals surface area contributed by atoms with E-state index in [9.17, 15) is 0 Å². The number of hydrogen-bond acceptors (Lipinski definition) is 2. The van der Waals surface area contributed by atoms with E-state index in [2.05, 4.69) is 13.8 Å². The average Bonchev–Trinajstić information content (AvgIpc) is 2.13. The highest BCUT2D eigenvalue weighted by Crippen LogP contribution is 2.30. The molecule has 0 aromatic rings. The van der Waals surface area contributed by atoms with Gasteiger partial charge in [0.2, 0.25) is 0 Å². The van der Waals surface area contributed by atoms with Crippen LogP contribution in [0.2, 0.25) is 0 Å². The molecule has 2 unspecified atom stereocenters. The van der Waals surface area contributed by atoms with Crippen LogP contribution in [0.4, 0.5) is 0 Å². The molecule has 1 fully saturated rings. The number of rotatable bonds is 1. The van der Waals surface area contributed by atoms with E-state index in [-0.39, 0.29) is 5.41 Å². The van der Waals surface area contributed by atoms with Gasteiger partial charge >= 0.3 is 0 Å². The van der Waals surface area contributed by atoms with Crippen molar-refractivity contribution in [3.63, 3.8) is 0 Å². The Bertz CT molecular complexity index is 105. The van der Waals surface area contributed by atoms with E-state index < -0.39 is 0 Å². The zero-order chi connectivity index (χ0) is 6.91. The molecular formula is C7H15NO. The van der Waals surface area contributed by atoms with Crippen molar-refractivity contribution in [2.45, 2.75) is 26.4 Å². The Labute approximate surface area is 56.4 Å². The molecule has 0 spiro atoms. The minimum Gasteiger partial charge on any atom is -0.378 e. The van der Waals surface area contributed by atoms with Crippen molar-refractivity contribution >= 4 is 0 Å². The largest absolute Gasteiger partial charge is 0.378 e. The first-order chi connectivity index (χ1) is 4.16. The van der Waals surface area contributed by atoms with E-state index in [1.807, 2.05) is 0 Å². The van der Waals surface area contributed by atoms with Crippen LogP contribution >= 0.6 is 0 Å². The molecule has 1 aliphatic rings. The number of hydrogen-bond donors (Lipinski definition) is 1. The van der Waals surface area contributed by atoms with Crippen molar-refractivity contribution in [1.29, 1.82) is 0 Å². The molecule has 0 radical (unpaired) electrons. The molecule has 1 rings (SSSR count). The van der Waals surface area contributed by atoms with Gasteiger partial charge in [-0.1, -0.05) is 6.92 Å². The van der Waals surface area contributed by atoms with Crippen molar-refractivity contribution in [3.8, 4) is 0 Å². The van der Waals surface area contributed by atoms with Gasteiger partial charge in [0, 0.05) is 5.41 Å². The lowest BCUT2D eigenvalue weighted by molar-refractivity contribution is 0.110. The van der Waals surface area contributed by atoms with Crippen molar-refractivity contribution in [2.75, 3.05) is 13.2 Å². The fourth-order valence-corrected chi connectivity index (χ4v) is 1.30. The van der Waals surface area contributed by atoms with Gasteiger partial charge in [-0.25, -0.2) is 0 Å². The van der Waals surface area contributed by atoms with Crippen molar-refractivity contribution in [3.05, 3.63) is 0 Å². The van der Waals surface area contributed by atoms with E-state index >= 15 is 0 Å². The fourth-order valence-electron chi connectivity index (χ4n) is 1.30. The third-order valence-corrected chi connectivity index (χ3v) is 1.99. The maximum absolute atomic E-state index is 5.55. The molecule has 0 aromatic carbocycles. The van der Waals surface area contributed by atoms with Gasteiger partial charge < -0.3 is 10.5 Å². The molecular weight excluding hydrogens is 114 g/mol. The summed E-state index contributed by atoms with van der Waals surface area (Å²) in [6.45, 7) is 5.86. The maximum atomic E-state index is 5.55. The summed E-state index contributed by atoms with van der Waals surface area (Å²) < 4.78 is 5.38. The molecule has 0 amide bonds. The van der Waals surface area contributed by atoms with Crippen LogP contribution in [-0.4, -0.2) is 19.3 Å². The van der Waals surface area contributed by atoms with Crippen molar-refractivity contribution in [1.82, 2.24) is 0 Å². The Hall–Kier alpha value is -0.0800. The molecule has 1 aliphatic heterocycles. The van der Waals surface area contributed by atoms with Gasteiger partial charge in [0.25, 0.3) is 0 Å². The van der Waals surface area contributed by atoms with E-state index in [0.717, 1.165) is 19.6 Å². The van der Waals surface area contributed by atoms with Crippen molar-refractivity contribution < 1.29 is 4.74 Å². The number of ether oxygens (including phenoxy) is 1. The van der Waals surface area contributed by atoms with Gasteiger partial charge in [0.15, 0.2) is 0 Å². The molecule has 2 heteroatoms. The lowest BCUT2D eigenvalue weighted by Gasteiger charge is -2.17. The van der Waals surface area contributed by atoms with Gasteiger partial charge in [-0.3, -0.25) is 0 Å². The topological polar surface area (TPSA) is 35.2 Å². The van der Waals surface area contributed by atoms with Gasteiger partial charge in [-0.05, 0) is 19.9 Å². The summed E-state index contributed by atoms with van der Waals surface area (Å²) in [5, 5.41) is 0. The lowest BCUT2D eigenvalue weighted by atomic mass is 9.88. The van der Waals surface area contributed by atoms with Crippen LogP contribution in [0.15, 0.2) is 0 Å². The first-order valence-corrected chi connectivity index (χ1v) is 3.48. The summed E-state index contributed by atoms with van der Waals surface area (Å²) in [5.41, 5.74) is 5.81. The van der Waals surface area contributed by atoms with Crippen LogP contribution in [0.25, 0.3) is 0 Å². The summed E-state index contributed by atoms with van der Waals surface area (Å²) >= 11 is 0. The van der Waals surface area contributed by atoms with E-state index in [4.69, 9.17) is 10.5 Å². The number of nitrogens with two attached hydrogens (primary N) is 1. The Morgan fingerprint density at radius 3 is 2.67 bits per heavy atom. The molecule has 1 heterocycles. The Morgan fingerprint density at radius 2 is 2.44 bits per heavy atom. The smallest absolute Gasteiger partial charge is 0.0553 e. The highest BCUT2D eigenvalue weighted by Gasteiger charge is 2.32. The Kier molecular flexibility index (Phi) is 1.78. The molecule has 54 valence electrons. The van der Waals surface area contributed by atoms with Gasteiger partial charge in [-0.2, -0.15) is 0 Å². The van der Waals surface area contributed by atoms with E-state index in [1.54, 1.807) is 0 Å². The van der Waals surface area contributed by atoms with Crippen LogP contribution in [0, 0.1) is 5.41 Å². The standard InChI is InChI=1S/C7H15NO/c1-6-3-7(2,4-8)5-9-6/h6H,3-5,8H2,1-2H3. The van der Waals surface area contributed by atoms with Crippen LogP contribution in [0.5, 0.6) is 0 Å². The third-order valence-electron chi connectivity index (χ3n) is 1.99. The molecule has 0 aromatic heterocycles. The lowest BCUT2D eigenvalue weighted by Crippen LogP contribution is -2.27. The second-order valence-electron chi connectivity index (χ2n) is 3.34. The average molecular weight is 129 g/mol. The third kappa shape index (κ3) is 1.43. The minimum absolute atomic E-state index is 0.263. The van der Waals surface area contributed by atoms with E-state index in [0.29, 0.717) is 6.10 Å². The molecule has 2 nitrogen and oxygen atoms in total. The molecule has 2 atom stereocenters. The Morgan fingerprint density at radius 1 is 1.78 bits per heavy atom. The molecule has 2 N–H and O–H groups in total. The summed E-state index contributed by atoms with van der Waals surface area (Å²) in [5.74, 6) is 0. The normalized spacial score (nSPS) is 43.7. The molecule has 9 heavy (non-hydrogen) atoms. The van der Waals surface area contributed by atoms with Crippen molar-refractivity contribution in [2.24, 2.45) is 11.1 Å². The SMILES string of the molecule is CC1CC(C)(CN)CO1. The molecule has 1 saturated heterocycles. The zero-order valence-corrected chi connectivity index (χ0v) is 6.18. The molecule has 0 aliphatic carbocycles. The summed E-state index contributed by atoms with van der Waals surface area (Å²) in [7, 11) is 0. The van der Waals surface area contributed by atoms with E-state index in [1.165, 1.54) is 0 Å². The predicted molar refractivity (Wildman–Crippen MR) is 37.2 cm³/mol. The fraction of sp³-hybridized carbons (Fsp3) is 1.00. The highest BCUT2D eigenvalue weighted by atomic mass is 16.5. The maximum Gasteiger partial charge on any atom is 0.0553 e. The monoisotopic (exact) mass is 129 g/mol. The van der Waals surface area contributed by atoms with Crippen LogP contribution in [0.3, 0.4) is 0 Å². The zero-order valence-electron chi connectivity index (χ0n) is 6.18. The predicted octanol–water partition coefficient (Wildman–Crippen LogP) is 0.760. The first-order valence-electron chi connectivity index (χ1n) is 3.48. The molecule has 0 bridgehead atoms. The quantitative estimate of drug-likeness (QED) is 0.567. The summed E-state index contributed by atoms with van der Waals surface area (Å²) in [6.07, 6.45) is 1.53. The molecule has 0 saturated carbocycles. The highest BCUT2D eigenvalue weighted by molar-refractivity contribution is 4.82. The second kappa shape index (κ2) is 2.27. The second-order valence-corrected chi connectivity index (χ2v) is 3.34. The van der Waals surface area contributed by atoms with Crippen LogP contribution in [0.1, 0.15) is 20.3 Å². The summed E-state index contributed by atoms with van der Waals surface area (Å²) in [4.78, 5) is 0. The first kappa shape index (κ1) is 7.03. The van der Waals surface area contributed by atoms with Gasteiger partial charge in [-0.15, -0.1) is 0 Å². The minimum atomic E-state index is 0.263. The van der Waals surface area contributed by atoms with Crippen LogP contribution in [-0.2, 0) is 4.74 Å². The Balaban J connectivity index is 2.45. The summed E-state index contributed by atoms with van der Waals surface area (Å²) in [6, 6.07) is 0. The van der Waals surface area contributed by atoms with Gasteiger partial charge in [0.1, 0.15) is 0 Å². The van der Waals surface area contributed by atoms with Gasteiger partial charge in [0.05, 0.1) is 12.7 Å². The van der Waals surface area contributed by atoms with Crippen LogP contribution < -0.4 is 5.73 Å².